The fourth-order valence-corrected chi connectivity index (χ4v) is 2.20. The third kappa shape index (κ3) is 1.92. The molecule has 3 rings (SSSR count). The van der Waals surface area contributed by atoms with E-state index in [1.54, 1.807) is 0 Å². The number of dihydropyridines is 1. The summed E-state index contributed by atoms with van der Waals surface area (Å²) >= 11 is 0. The van der Waals surface area contributed by atoms with Crippen molar-refractivity contribution in [2.45, 2.75) is 25.7 Å². The van der Waals surface area contributed by atoms with Gasteiger partial charge in [0.05, 0.1) is 0 Å². The summed E-state index contributed by atoms with van der Waals surface area (Å²) in [6, 6.07) is 8.59. The maximum atomic E-state index is 4.39. The fraction of sp³-hybridized carbons (Fsp3) is 0.308. The molecule has 0 spiro atoms. The molecular formula is C13H15N3. The average Bonchev–Trinajstić information content (AvgIpc) is 2.72. The van der Waals surface area contributed by atoms with Crippen molar-refractivity contribution >= 4 is 6.21 Å². The Morgan fingerprint density at radius 2 is 1.94 bits per heavy atom. The van der Waals surface area contributed by atoms with Crippen molar-refractivity contribution in [3.05, 3.63) is 47.5 Å². The minimum absolute atomic E-state index is 0.208. The van der Waals surface area contributed by atoms with Crippen LogP contribution in [-0.2, 0) is 13.1 Å². The first-order valence-electron chi connectivity index (χ1n) is 5.68. The largest absolute Gasteiger partial charge is 0.273 e. The standard InChI is InChI=1S/C13H15N3/c1-2-6-12-10-16(9-11(12)5-1)15-13-7-3-4-8-14-13/h1-6,8,13,15H,7,9-10H2. The molecule has 2 aliphatic heterocycles. The number of rotatable bonds is 2. The zero-order chi connectivity index (χ0) is 10.8. The number of hydrogen-bond donors (Lipinski definition) is 1. The molecule has 2 heterocycles. The van der Waals surface area contributed by atoms with Gasteiger partial charge in [0.1, 0.15) is 6.17 Å². The maximum absolute atomic E-state index is 4.39. The van der Waals surface area contributed by atoms with Crippen LogP contribution in [0.25, 0.3) is 0 Å². The molecule has 0 bridgehead atoms. The molecule has 1 N–H and O–H groups in total. The normalized spacial score (nSPS) is 23.6. The van der Waals surface area contributed by atoms with Gasteiger partial charge >= 0.3 is 0 Å². The van der Waals surface area contributed by atoms with Gasteiger partial charge in [-0.05, 0) is 17.2 Å². The average molecular weight is 213 g/mol. The van der Waals surface area contributed by atoms with Crippen molar-refractivity contribution in [1.82, 2.24) is 10.4 Å². The molecule has 3 nitrogen and oxygen atoms in total. The molecule has 1 aromatic carbocycles. The number of fused-ring (bicyclic) bond motifs is 1. The number of allylic oxidation sites excluding steroid dienone is 1. The Bertz CT molecular complexity index is 412. The fourth-order valence-electron chi connectivity index (χ4n) is 2.20. The van der Waals surface area contributed by atoms with E-state index in [9.17, 15) is 0 Å². The highest BCUT2D eigenvalue weighted by molar-refractivity contribution is 5.72. The second kappa shape index (κ2) is 4.20. The number of hydrazine groups is 1. The van der Waals surface area contributed by atoms with Crippen LogP contribution in [0.15, 0.2) is 41.4 Å². The molecule has 0 fully saturated rings. The van der Waals surface area contributed by atoms with Gasteiger partial charge in [-0.1, -0.05) is 30.3 Å². The lowest BCUT2D eigenvalue weighted by Gasteiger charge is -2.22. The summed E-state index contributed by atoms with van der Waals surface area (Å²) in [7, 11) is 0. The van der Waals surface area contributed by atoms with Crippen LogP contribution in [0.2, 0.25) is 0 Å². The van der Waals surface area contributed by atoms with Gasteiger partial charge in [-0.15, -0.1) is 0 Å². The summed E-state index contributed by atoms with van der Waals surface area (Å²) in [5.41, 5.74) is 6.29. The summed E-state index contributed by atoms with van der Waals surface area (Å²) in [6.45, 7) is 1.96. The number of nitrogens with zero attached hydrogens (tertiary/aromatic N) is 2. The zero-order valence-corrected chi connectivity index (χ0v) is 9.13. The van der Waals surface area contributed by atoms with Crippen molar-refractivity contribution in [2.24, 2.45) is 4.99 Å². The molecule has 1 aromatic rings. The summed E-state index contributed by atoms with van der Waals surface area (Å²) in [5.74, 6) is 0. The monoisotopic (exact) mass is 213 g/mol. The number of nitrogens with one attached hydrogen (secondary N) is 1. The number of aliphatic imine (C=N–C) groups is 1. The molecule has 2 aliphatic rings. The summed E-state index contributed by atoms with van der Waals surface area (Å²) in [5, 5.41) is 2.24. The van der Waals surface area contributed by atoms with Crippen molar-refractivity contribution in [3.8, 4) is 0 Å². The Hall–Kier alpha value is -1.45. The lowest BCUT2D eigenvalue weighted by Crippen LogP contribution is -2.40. The molecule has 1 atom stereocenters. The van der Waals surface area contributed by atoms with Crippen LogP contribution >= 0.6 is 0 Å². The first-order valence-corrected chi connectivity index (χ1v) is 5.68. The molecule has 0 aromatic heterocycles. The van der Waals surface area contributed by atoms with E-state index in [1.807, 2.05) is 12.3 Å². The van der Waals surface area contributed by atoms with Crippen LogP contribution in [0.3, 0.4) is 0 Å². The quantitative estimate of drug-likeness (QED) is 0.812. The smallest absolute Gasteiger partial charge is 0.115 e. The molecule has 1 unspecified atom stereocenters. The van der Waals surface area contributed by atoms with E-state index in [0.717, 1.165) is 19.5 Å². The lowest BCUT2D eigenvalue weighted by molar-refractivity contribution is 0.160. The summed E-state index contributed by atoms with van der Waals surface area (Å²) in [6.07, 6.45) is 7.19. The van der Waals surface area contributed by atoms with Gasteiger partial charge < -0.3 is 0 Å². The van der Waals surface area contributed by atoms with E-state index >= 15 is 0 Å². The van der Waals surface area contributed by atoms with Gasteiger partial charge in [-0.3, -0.25) is 4.99 Å². The Balaban J connectivity index is 1.64. The van der Waals surface area contributed by atoms with Crippen LogP contribution in [0.4, 0.5) is 0 Å². The third-order valence-electron chi connectivity index (χ3n) is 3.02. The molecule has 0 saturated carbocycles. The SMILES string of the molecule is C1=CCC(NN2Cc3ccccc3C2)N=C1. The van der Waals surface area contributed by atoms with Gasteiger partial charge in [0, 0.05) is 25.7 Å². The highest BCUT2D eigenvalue weighted by Crippen LogP contribution is 2.20. The van der Waals surface area contributed by atoms with Crippen molar-refractivity contribution in [1.29, 1.82) is 0 Å². The van der Waals surface area contributed by atoms with Crippen LogP contribution < -0.4 is 5.43 Å². The maximum Gasteiger partial charge on any atom is 0.115 e. The summed E-state index contributed by atoms with van der Waals surface area (Å²) < 4.78 is 0. The number of hydrogen-bond acceptors (Lipinski definition) is 3. The first-order chi connectivity index (χ1) is 7.92. The van der Waals surface area contributed by atoms with Crippen LogP contribution in [0.1, 0.15) is 17.5 Å². The molecule has 82 valence electrons. The molecule has 0 saturated heterocycles. The Morgan fingerprint density at radius 1 is 1.19 bits per heavy atom. The molecule has 0 amide bonds. The lowest BCUT2D eigenvalue weighted by atomic mass is 10.1. The van der Waals surface area contributed by atoms with Crippen LogP contribution in [0, 0.1) is 0 Å². The topological polar surface area (TPSA) is 27.6 Å². The minimum Gasteiger partial charge on any atom is -0.273 e. The van der Waals surface area contributed by atoms with Crippen molar-refractivity contribution in [3.63, 3.8) is 0 Å². The van der Waals surface area contributed by atoms with E-state index in [2.05, 4.69) is 45.8 Å². The van der Waals surface area contributed by atoms with Crippen LogP contribution in [0.5, 0.6) is 0 Å². The van der Waals surface area contributed by atoms with Gasteiger partial charge in [-0.2, -0.15) is 0 Å². The predicted octanol–water partition coefficient (Wildman–Crippen LogP) is 1.86. The van der Waals surface area contributed by atoms with Crippen molar-refractivity contribution < 1.29 is 0 Å². The molecule has 0 aliphatic carbocycles. The van der Waals surface area contributed by atoms with E-state index in [1.165, 1.54) is 11.1 Å². The van der Waals surface area contributed by atoms with Crippen LogP contribution in [-0.4, -0.2) is 17.4 Å². The van der Waals surface area contributed by atoms with Gasteiger partial charge in [0.25, 0.3) is 0 Å². The first kappa shape index (κ1) is 9.75. The van der Waals surface area contributed by atoms with Gasteiger partial charge in [-0.25, -0.2) is 10.4 Å². The zero-order valence-electron chi connectivity index (χ0n) is 9.13. The second-order valence-electron chi connectivity index (χ2n) is 4.23. The Kier molecular flexibility index (Phi) is 2.56. The molecule has 3 heteroatoms. The highest BCUT2D eigenvalue weighted by atomic mass is 15.5. The Morgan fingerprint density at radius 3 is 2.56 bits per heavy atom. The minimum atomic E-state index is 0.208. The second-order valence-corrected chi connectivity index (χ2v) is 4.23. The molecule has 0 radical (unpaired) electrons. The van der Waals surface area contributed by atoms with E-state index < -0.39 is 0 Å². The van der Waals surface area contributed by atoms with E-state index in [0.29, 0.717) is 0 Å². The number of benzene rings is 1. The summed E-state index contributed by atoms with van der Waals surface area (Å²) in [4.78, 5) is 4.39. The van der Waals surface area contributed by atoms with E-state index in [-0.39, 0.29) is 6.17 Å². The highest BCUT2D eigenvalue weighted by Gasteiger charge is 2.20. The molecule has 16 heavy (non-hydrogen) atoms. The third-order valence-corrected chi connectivity index (χ3v) is 3.02. The molecular weight excluding hydrogens is 198 g/mol. The van der Waals surface area contributed by atoms with E-state index in [4.69, 9.17) is 0 Å². The van der Waals surface area contributed by atoms with Gasteiger partial charge in [0.15, 0.2) is 0 Å². The Labute approximate surface area is 95.5 Å². The van der Waals surface area contributed by atoms with Gasteiger partial charge in [0.2, 0.25) is 0 Å². The predicted molar refractivity (Wildman–Crippen MR) is 64.9 cm³/mol. The van der Waals surface area contributed by atoms with Crippen molar-refractivity contribution in [2.75, 3.05) is 0 Å².